The predicted octanol–water partition coefficient (Wildman–Crippen LogP) is 3.19. The van der Waals surface area contributed by atoms with Crippen LogP contribution in [0.5, 0.6) is 0 Å². The van der Waals surface area contributed by atoms with Crippen LogP contribution in [0.2, 0.25) is 0 Å². The lowest BCUT2D eigenvalue weighted by Gasteiger charge is -2.27. The third-order valence-corrected chi connectivity index (χ3v) is 4.84. The fourth-order valence-corrected chi connectivity index (χ4v) is 3.53. The number of benzene rings is 2. The highest BCUT2D eigenvalue weighted by molar-refractivity contribution is 6.04. The Morgan fingerprint density at radius 3 is 2.43 bits per heavy atom. The third kappa shape index (κ3) is 3.91. The SMILES string of the molecule is CCOC(=O)c1ccc(N(CC(=O)N2c3ccccc3CC2C)C(C)=O)cc1. The molecule has 1 unspecified atom stereocenters. The average Bonchev–Trinajstić information content (AvgIpc) is 3.02. The molecular weight excluding hydrogens is 356 g/mol. The summed E-state index contributed by atoms with van der Waals surface area (Å²) in [7, 11) is 0. The Morgan fingerprint density at radius 2 is 1.79 bits per heavy atom. The van der Waals surface area contributed by atoms with Gasteiger partial charge >= 0.3 is 5.97 Å². The Bertz CT molecular complexity index is 892. The Hall–Kier alpha value is -3.15. The van der Waals surface area contributed by atoms with Crippen LogP contribution in [0.3, 0.4) is 0 Å². The van der Waals surface area contributed by atoms with Gasteiger partial charge in [0.25, 0.3) is 0 Å². The smallest absolute Gasteiger partial charge is 0.338 e. The molecule has 0 bridgehead atoms. The molecule has 1 aliphatic rings. The van der Waals surface area contributed by atoms with Gasteiger partial charge < -0.3 is 14.5 Å². The van der Waals surface area contributed by atoms with Crippen LogP contribution in [0, 0.1) is 0 Å². The van der Waals surface area contributed by atoms with Crippen molar-refractivity contribution in [3.63, 3.8) is 0 Å². The van der Waals surface area contributed by atoms with E-state index in [2.05, 4.69) is 0 Å². The second-order valence-electron chi connectivity index (χ2n) is 6.82. The van der Waals surface area contributed by atoms with Crippen LogP contribution in [0.15, 0.2) is 48.5 Å². The highest BCUT2D eigenvalue weighted by Gasteiger charge is 2.32. The Morgan fingerprint density at radius 1 is 1.11 bits per heavy atom. The molecule has 2 amide bonds. The monoisotopic (exact) mass is 380 g/mol. The van der Waals surface area contributed by atoms with Crippen molar-refractivity contribution in [1.29, 1.82) is 0 Å². The van der Waals surface area contributed by atoms with Crippen LogP contribution in [-0.2, 0) is 20.7 Å². The van der Waals surface area contributed by atoms with E-state index >= 15 is 0 Å². The molecule has 0 saturated carbocycles. The van der Waals surface area contributed by atoms with Crippen LogP contribution < -0.4 is 9.80 Å². The second kappa shape index (κ2) is 8.25. The summed E-state index contributed by atoms with van der Waals surface area (Å²) >= 11 is 0. The summed E-state index contributed by atoms with van der Waals surface area (Å²) < 4.78 is 4.97. The lowest BCUT2D eigenvalue weighted by molar-refractivity contribution is -0.121. The van der Waals surface area contributed by atoms with Crippen LogP contribution in [0.4, 0.5) is 11.4 Å². The molecule has 0 fully saturated rings. The van der Waals surface area contributed by atoms with Crippen molar-refractivity contribution in [2.24, 2.45) is 0 Å². The van der Waals surface area contributed by atoms with Gasteiger partial charge in [0, 0.05) is 24.3 Å². The normalized spacial score (nSPS) is 15.1. The van der Waals surface area contributed by atoms with E-state index in [0.717, 1.165) is 17.7 Å². The van der Waals surface area contributed by atoms with Crippen molar-refractivity contribution in [3.8, 4) is 0 Å². The van der Waals surface area contributed by atoms with Gasteiger partial charge in [-0.15, -0.1) is 0 Å². The van der Waals surface area contributed by atoms with Crippen LogP contribution in [-0.4, -0.2) is 37.0 Å². The predicted molar refractivity (Wildman–Crippen MR) is 108 cm³/mol. The molecule has 2 aromatic carbocycles. The number of amides is 2. The number of carbonyl (C=O) groups is 3. The van der Waals surface area contributed by atoms with E-state index in [1.165, 1.54) is 11.8 Å². The zero-order chi connectivity index (χ0) is 20.3. The molecule has 0 aromatic heterocycles. The number of ether oxygens (including phenoxy) is 1. The van der Waals surface area contributed by atoms with Crippen molar-refractivity contribution >= 4 is 29.2 Å². The van der Waals surface area contributed by atoms with Gasteiger partial charge in [-0.2, -0.15) is 0 Å². The lowest BCUT2D eigenvalue weighted by atomic mass is 10.1. The second-order valence-corrected chi connectivity index (χ2v) is 6.82. The highest BCUT2D eigenvalue weighted by Crippen LogP contribution is 2.32. The maximum absolute atomic E-state index is 13.0. The van der Waals surface area contributed by atoms with Crippen molar-refractivity contribution in [1.82, 2.24) is 0 Å². The molecule has 6 heteroatoms. The van der Waals surface area contributed by atoms with E-state index in [1.807, 2.05) is 31.2 Å². The fourth-order valence-electron chi connectivity index (χ4n) is 3.53. The Balaban J connectivity index is 1.79. The molecule has 0 N–H and O–H groups in total. The molecule has 2 aromatic rings. The Labute approximate surface area is 164 Å². The fraction of sp³-hybridized carbons (Fsp3) is 0.318. The van der Waals surface area contributed by atoms with E-state index in [0.29, 0.717) is 17.9 Å². The van der Waals surface area contributed by atoms with Crippen molar-refractivity contribution in [2.75, 3.05) is 23.0 Å². The number of anilines is 2. The first-order valence-corrected chi connectivity index (χ1v) is 9.37. The standard InChI is InChI=1S/C22H24N2O4/c1-4-28-22(27)17-9-11-19(12-10-17)23(16(3)25)14-21(26)24-15(2)13-18-7-5-6-8-20(18)24/h5-12,15H,4,13-14H2,1-3H3. The summed E-state index contributed by atoms with van der Waals surface area (Å²) in [6, 6.07) is 14.4. The zero-order valence-electron chi connectivity index (χ0n) is 16.3. The summed E-state index contributed by atoms with van der Waals surface area (Å²) in [6.45, 7) is 5.40. The molecule has 0 aliphatic carbocycles. The maximum Gasteiger partial charge on any atom is 0.338 e. The lowest BCUT2D eigenvalue weighted by Crippen LogP contribution is -2.44. The topological polar surface area (TPSA) is 66.9 Å². The number of nitrogens with zero attached hydrogens (tertiary/aromatic N) is 2. The molecule has 146 valence electrons. The molecule has 0 saturated heterocycles. The summed E-state index contributed by atoms with van der Waals surface area (Å²) in [5.41, 5.74) is 3.01. The molecule has 0 spiro atoms. The average molecular weight is 380 g/mol. The maximum atomic E-state index is 13.0. The summed E-state index contributed by atoms with van der Waals surface area (Å²) in [5, 5.41) is 0. The molecule has 3 rings (SSSR count). The number of fused-ring (bicyclic) bond motifs is 1. The number of esters is 1. The van der Waals surface area contributed by atoms with Gasteiger partial charge in [-0.25, -0.2) is 4.79 Å². The first-order chi connectivity index (χ1) is 13.4. The third-order valence-electron chi connectivity index (χ3n) is 4.84. The van der Waals surface area contributed by atoms with Crippen molar-refractivity contribution in [3.05, 3.63) is 59.7 Å². The zero-order valence-corrected chi connectivity index (χ0v) is 16.3. The number of hydrogen-bond donors (Lipinski definition) is 0. The summed E-state index contributed by atoms with van der Waals surface area (Å²) in [6.07, 6.45) is 0.802. The minimum atomic E-state index is -0.415. The van der Waals surface area contributed by atoms with Crippen molar-refractivity contribution < 1.29 is 19.1 Å². The van der Waals surface area contributed by atoms with Gasteiger partial charge in [0.05, 0.1) is 12.2 Å². The van der Waals surface area contributed by atoms with Gasteiger partial charge in [-0.1, -0.05) is 18.2 Å². The van der Waals surface area contributed by atoms with Gasteiger partial charge in [-0.3, -0.25) is 9.59 Å². The highest BCUT2D eigenvalue weighted by atomic mass is 16.5. The molecule has 0 radical (unpaired) electrons. The first-order valence-electron chi connectivity index (χ1n) is 9.37. The van der Waals surface area contributed by atoms with Crippen LogP contribution >= 0.6 is 0 Å². The van der Waals surface area contributed by atoms with Gasteiger partial charge in [0.2, 0.25) is 11.8 Å². The molecule has 1 atom stereocenters. The van der Waals surface area contributed by atoms with E-state index in [-0.39, 0.29) is 24.4 Å². The van der Waals surface area contributed by atoms with E-state index in [9.17, 15) is 14.4 Å². The van der Waals surface area contributed by atoms with E-state index in [4.69, 9.17) is 4.74 Å². The Kier molecular flexibility index (Phi) is 5.78. The molecule has 1 heterocycles. The van der Waals surface area contributed by atoms with Gasteiger partial charge in [-0.05, 0) is 56.2 Å². The number of hydrogen-bond acceptors (Lipinski definition) is 4. The van der Waals surface area contributed by atoms with Crippen LogP contribution in [0.1, 0.15) is 36.7 Å². The summed E-state index contributed by atoms with van der Waals surface area (Å²) in [4.78, 5) is 40.2. The number of para-hydroxylation sites is 1. The van der Waals surface area contributed by atoms with Crippen LogP contribution in [0.25, 0.3) is 0 Å². The summed E-state index contributed by atoms with van der Waals surface area (Å²) in [5.74, 6) is -0.790. The first kappa shape index (κ1) is 19.6. The number of carbonyl (C=O) groups excluding carboxylic acids is 3. The molecular formula is C22H24N2O4. The number of rotatable bonds is 5. The van der Waals surface area contributed by atoms with Gasteiger partial charge in [0.1, 0.15) is 6.54 Å². The molecule has 1 aliphatic heterocycles. The van der Waals surface area contributed by atoms with Crippen molar-refractivity contribution in [2.45, 2.75) is 33.2 Å². The minimum absolute atomic E-state index is 0.0462. The molecule has 28 heavy (non-hydrogen) atoms. The van der Waals surface area contributed by atoms with E-state index < -0.39 is 5.97 Å². The van der Waals surface area contributed by atoms with E-state index in [1.54, 1.807) is 36.1 Å². The largest absolute Gasteiger partial charge is 0.462 e. The van der Waals surface area contributed by atoms with Gasteiger partial charge in [0.15, 0.2) is 0 Å². The quantitative estimate of drug-likeness (QED) is 0.747. The minimum Gasteiger partial charge on any atom is -0.462 e. The molecule has 6 nitrogen and oxygen atoms in total.